The highest BCUT2D eigenvalue weighted by atomic mass is 16.5. The zero-order valence-electron chi connectivity index (χ0n) is 25.1. The van der Waals surface area contributed by atoms with Crippen molar-refractivity contribution in [2.24, 2.45) is 11.3 Å². The molecule has 230 valence electrons. The second-order valence-corrected chi connectivity index (χ2v) is 12.0. The number of ether oxygens (including phenoxy) is 2. The van der Waals surface area contributed by atoms with E-state index in [9.17, 15) is 14.4 Å². The molecule has 5 rings (SSSR count). The minimum Gasteiger partial charge on any atom is -0.497 e. The van der Waals surface area contributed by atoms with Crippen LogP contribution in [-0.4, -0.2) is 74.7 Å². The lowest BCUT2D eigenvalue weighted by Crippen LogP contribution is -2.58. The lowest BCUT2D eigenvalue weighted by atomic mass is 9.75. The highest BCUT2D eigenvalue weighted by Gasteiger charge is 2.41. The number of carbonyl (C=O) groups is 3. The number of benzene rings is 2. The summed E-state index contributed by atoms with van der Waals surface area (Å²) in [6.07, 6.45) is 8.12. The first-order valence-electron chi connectivity index (χ1n) is 15.4. The van der Waals surface area contributed by atoms with Crippen molar-refractivity contribution in [3.8, 4) is 5.75 Å². The van der Waals surface area contributed by atoms with E-state index < -0.39 is 11.5 Å². The fourth-order valence-corrected chi connectivity index (χ4v) is 6.40. The van der Waals surface area contributed by atoms with Gasteiger partial charge in [0.15, 0.2) is 0 Å². The number of hydrogen-bond acceptors (Lipinski definition) is 6. The standard InChI is InChI=1S/C34H44N4O5/c1-42-28-12-10-26(11-13-28)22-35-31(39)24-38-18-14-29-27(23-38)9-5-6-15-34(16-19-43-20-17-34)33(41)37-30(32(40)36-29)21-25-7-3-2-4-8-25/h2-8,10-13,27,29-30H,9,14-24H2,1H3,(H,35,39)(H,36,40)(H,37,41)/t27-,29-,30-/m0/s1. The first kappa shape index (κ1) is 30.8. The van der Waals surface area contributed by atoms with Gasteiger partial charge in [0.2, 0.25) is 17.7 Å². The van der Waals surface area contributed by atoms with Crippen molar-refractivity contribution >= 4 is 17.7 Å². The molecule has 3 heterocycles. The van der Waals surface area contributed by atoms with E-state index in [1.807, 2.05) is 54.6 Å². The van der Waals surface area contributed by atoms with Crippen molar-refractivity contribution < 1.29 is 23.9 Å². The Morgan fingerprint density at radius 2 is 1.79 bits per heavy atom. The lowest BCUT2D eigenvalue weighted by molar-refractivity contribution is -0.140. The van der Waals surface area contributed by atoms with Crippen molar-refractivity contribution in [3.63, 3.8) is 0 Å². The number of fused-ring (bicyclic) bond motifs is 1. The second kappa shape index (κ2) is 14.7. The molecule has 2 aromatic carbocycles. The number of nitrogens with one attached hydrogen (secondary N) is 3. The van der Waals surface area contributed by atoms with Gasteiger partial charge in [0.25, 0.3) is 0 Å². The van der Waals surface area contributed by atoms with Crippen LogP contribution < -0.4 is 20.7 Å². The molecule has 0 aromatic heterocycles. The Morgan fingerprint density at radius 3 is 2.53 bits per heavy atom. The SMILES string of the molecule is COc1ccc(CNC(=O)CN2CC[C@@H]3NC(=O)[C@H](Cc4ccccc4)NC(=O)C4(CC=CC[C@H]3C2)CCOCC4)cc1. The number of methoxy groups -OCH3 is 1. The molecule has 1 spiro atoms. The van der Waals surface area contributed by atoms with Crippen molar-refractivity contribution in [3.05, 3.63) is 77.9 Å². The van der Waals surface area contributed by atoms with E-state index in [4.69, 9.17) is 9.47 Å². The van der Waals surface area contributed by atoms with Crippen LogP contribution in [0.1, 0.15) is 43.2 Å². The third kappa shape index (κ3) is 8.24. The van der Waals surface area contributed by atoms with Crippen LogP contribution in [0.25, 0.3) is 0 Å². The Labute approximate surface area is 254 Å². The molecular weight excluding hydrogens is 544 g/mol. The predicted octanol–water partition coefficient (Wildman–Crippen LogP) is 2.99. The zero-order chi connectivity index (χ0) is 30.1. The van der Waals surface area contributed by atoms with Crippen LogP contribution >= 0.6 is 0 Å². The molecule has 3 N–H and O–H groups in total. The van der Waals surface area contributed by atoms with Gasteiger partial charge in [0, 0.05) is 45.3 Å². The quantitative estimate of drug-likeness (QED) is 0.430. The van der Waals surface area contributed by atoms with Gasteiger partial charge in [-0.1, -0.05) is 54.6 Å². The average Bonchev–Trinajstić information content (AvgIpc) is 3.03. The van der Waals surface area contributed by atoms with Crippen LogP contribution in [0.4, 0.5) is 0 Å². The normalized spacial score (nSPS) is 24.5. The zero-order valence-corrected chi connectivity index (χ0v) is 25.1. The highest BCUT2D eigenvalue weighted by Crippen LogP contribution is 2.36. The van der Waals surface area contributed by atoms with Crippen molar-refractivity contribution in [2.45, 2.75) is 57.2 Å². The highest BCUT2D eigenvalue weighted by molar-refractivity contribution is 5.90. The molecule has 0 radical (unpaired) electrons. The summed E-state index contributed by atoms with van der Waals surface area (Å²) in [6, 6.07) is 16.8. The molecule has 0 unspecified atom stereocenters. The largest absolute Gasteiger partial charge is 0.497 e. The van der Waals surface area contributed by atoms with E-state index in [0.717, 1.165) is 29.7 Å². The summed E-state index contributed by atoms with van der Waals surface area (Å²) < 4.78 is 10.8. The van der Waals surface area contributed by atoms with Gasteiger partial charge in [-0.25, -0.2) is 0 Å². The summed E-state index contributed by atoms with van der Waals surface area (Å²) >= 11 is 0. The van der Waals surface area contributed by atoms with Gasteiger partial charge in [0.05, 0.1) is 19.1 Å². The predicted molar refractivity (Wildman–Crippen MR) is 164 cm³/mol. The Kier molecular flexibility index (Phi) is 10.5. The van der Waals surface area contributed by atoms with Gasteiger partial charge in [0.1, 0.15) is 11.8 Å². The molecule has 3 amide bonds. The number of carbonyl (C=O) groups excluding carboxylic acids is 3. The number of nitrogens with zero attached hydrogens (tertiary/aromatic N) is 1. The van der Waals surface area contributed by atoms with E-state index in [-0.39, 0.29) is 29.7 Å². The molecule has 0 saturated carbocycles. The summed E-state index contributed by atoms with van der Waals surface area (Å²) in [5.41, 5.74) is 1.44. The maximum atomic E-state index is 13.8. The van der Waals surface area contributed by atoms with E-state index in [0.29, 0.717) is 65.1 Å². The Morgan fingerprint density at radius 1 is 1.02 bits per heavy atom. The van der Waals surface area contributed by atoms with Gasteiger partial charge in [-0.05, 0) is 61.3 Å². The Balaban J connectivity index is 1.26. The number of hydrogen-bond donors (Lipinski definition) is 3. The van der Waals surface area contributed by atoms with Crippen LogP contribution in [0.5, 0.6) is 5.75 Å². The van der Waals surface area contributed by atoms with E-state index in [1.54, 1.807) is 7.11 Å². The molecule has 0 aliphatic carbocycles. The summed E-state index contributed by atoms with van der Waals surface area (Å²) in [5.74, 6) is 0.706. The Bertz CT molecular complexity index is 1260. The van der Waals surface area contributed by atoms with Gasteiger partial charge in [-0.15, -0.1) is 0 Å². The second-order valence-electron chi connectivity index (χ2n) is 12.0. The lowest BCUT2D eigenvalue weighted by Gasteiger charge is -2.40. The monoisotopic (exact) mass is 588 g/mol. The molecule has 9 heteroatoms. The number of amides is 3. The number of piperidine rings is 1. The van der Waals surface area contributed by atoms with Crippen molar-refractivity contribution in [1.29, 1.82) is 0 Å². The van der Waals surface area contributed by atoms with E-state index in [1.165, 1.54) is 0 Å². The maximum absolute atomic E-state index is 13.8. The fourth-order valence-electron chi connectivity index (χ4n) is 6.40. The van der Waals surface area contributed by atoms with Gasteiger partial charge in [-0.2, -0.15) is 0 Å². The van der Waals surface area contributed by atoms with Crippen LogP contribution in [0.15, 0.2) is 66.7 Å². The third-order valence-electron chi connectivity index (χ3n) is 9.11. The Hall–Kier alpha value is -3.69. The smallest absolute Gasteiger partial charge is 0.243 e. The first-order chi connectivity index (χ1) is 20.9. The molecule has 2 aromatic rings. The van der Waals surface area contributed by atoms with Crippen LogP contribution in [0, 0.1) is 11.3 Å². The number of allylic oxidation sites excluding steroid dienone is 2. The molecule has 3 aliphatic rings. The van der Waals surface area contributed by atoms with Gasteiger partial charge >= 0.3 is 0 Å². The van der Waals surface area contributed by atoms with Gasteiger partial charge in [-0.3, -0.25) is 19.3 Å². The summed E-state index contributed by atoms with van der Waals surface area (Å²) in [5, 5.41) is 9.48. The molecule has 2 saturated heterocycles. The minimum atomic E-state index is -0.666. The fraction of sp³-hybridized carbons (Fsp3) is 0.500. The average molecular weight is 589 g/mol. The van der Waals surface area contributed by atoms with Crippen LogP contribution in [0.3, 0.4) is 0 Å². The number of likely N-dealkylation sites (tertiary alicyclic amines) is 1. The summed E-state index contributed by atoms with van der Waals surface area (Å²) in [6.45, 7) is 3.27. The number of rotatable bonds is 7. The molecule has 3 atom stereocenters. The van der Waals surface area contributed by atoms with Gasteiger partial charge < -0.3 is 25.4 Å². The van der Waals surface area contributed by atoms with Crippen LogP contribution in [0.2, 0.25) is 0 Å². The van der Waals surface area contributed by atoms with Crippen molar-refractivity contribution in [1.82, 2.24) is 20.9 Å². The third-order valence-corrected chi connectivity index (χ3v) is 9.11. The maximum Gasteiger partial charge on any atom is 0.243 e. The van der Waals surface area contributed by atoms with E-state index in [2.05, 4.69) is 33.0 Å². The molecule has 9 nitrogen and oxygen atoms in total. The molecule has 43 heavy (non-hydrogen) atoms. The molecular formula is C34H44N4O5. The molecule has 0 bridgehead atoms. The summed E-state index contributed by atoms with van der Waals surface area (Å²) in [7, 11) is 1.63. The topological polar surface area (TPSA) is 109 Å². The van der Waals surface area contributed by atoms with E-state index >= 15 is 0 Å². The van der Waals surface area contributed by atoms with Crippen LogP contribution in [-0.2, 0) is 32.1 Å². The molecule has 3 aliphatic heterocycles. The summed E-state index contributed by atoms with van der Waals surface area (Å²) in [4.78, 5) is 42.5. The van der Waals surface area contributed by atoms with Crippen molar-refractivity contribution in [2.75, 3.05) is 40.0 Å². The minimum absolute atomic E-state index is 0.0194. The first-order valence-corrected chi connectivity index (χ1v) is 15.4. The molecule has 2 fully saturated rings.